The molecule has 0 fully saturated rings. The molecule has 1 atom stereocenters. The number of nitrogens with one attached hydrogen (secondary N) is 1. The Morgan fingerprint density at radius 3 is 2.32 bits per heavy atom. The number of methoxy groups -OCH3 is 1. The lowest BCUT2D eigenvalue weighted by atomic mass is 10.1. The largest absolute Gasteiger partial charge is 0.496 e. The van der Waals surface area contributed by atoms with E-state index in [9.17, 15) is 17.2 Å². The molecule has 0 heterocycles. The van der Waals surface area contributed by atoms with Crippen molar-refractivity contribution in [3.63, 3.8) is 0 Å². The maximum absolute atomic E-state index is 12.5. The minimum absolute atomic E-state index is 0.0340. The molecule has 136 valence electrons. The van der Waals surface area contributed by atoms with Gasteiger partial charge in [0.25, 0.3) is 0 Å². The average Bonchev–Trinajstić information content (AvgIpc) is 2.59. The Morgan fingerprint density at radius 2 is 1.80 bits per heavy atom. The lowest BCUT2D eigenvalue weighted by molar-refractivity contribution is 0.234. The van der Waals surface area contributed by atoms with Crippen molar-refractivity contribution >= 4 is 25.8 Å². The molecule has 0 aliphatic carbocycles. The summed E-state index contributed by atoms with van der Waals surface area (Å²) in [5, 5.41) is 3.30. The third-order valence-corrected chi connectivity index (χ3v) is 5.79. The van der Waals surface area contributed by atoms with Crippen LogP contribution < -0.4 is 10.1 Å². The lowest BCUT2D eigenvalue weighted by Gasteiger charge is -2.16. The second-order valence-electron chi connectivity index (χ2n) is 5.45. The topological polar surface area (TPSA) is 55.4 Å². The van der Waals surface area contributed by atoms with Crippen LogP contribution in [0.4, 0.5) is 8.78 Å². The Hall–Kier alpha value is -1.51. The molecule has 0 aliphatic heterocycles. The highest BCUT2D eigenvalue weighted by atomic mass is 79.9. The Bertz CT molecular complexity index is 826. The van der Waals surface area contributed by atoms with Gasteiger partial charge < -0.3 is 10.1 Å². The van der Waals surface area contributed by atoms with Gasteiger partial charge in [-0.05, 0) is 58.2 Å². The lowest BCUT2D eigenvalue weighted by Crippen LogP contribution is -2.18. The molecule has 8 heteroatoms. The minimum atomic E-state index is -4.55. The van der Waals surface area contributed by atoms with Gasteiger partial charge in [0.2, 0.25) is 9.84 Å². The van der Waals surface area contributed by atoms with Crippen molar-refractivity contribution in [3.05, 3.63) is 58.1 Å². The molecular formula is C17H18BrF2NO3S. The molecule has 0 saturated carbocycles. The van der Waals surface area contributed by atoms with Gasteiger partial charge in [-0.25, -0.2) is 8.42 Å². The van der Waals surface area contributed by atoms with Crippen molar-refractivity contribution in [3.8, 4) is 5.75 Å². The van der Waals surface area contributed by atoms with E-state index in [0.29, 0.717) is 6.54 Å². The molecule has 0 spiro atoms. The second kappa shape index (κ2) is 8.25. The van der Waals surface area contributed by atoms with E-state index >= 15 is 0 Å². The summed E-state index contributed by atoms with van der Waals surface area (Å²) in [4.78, 5) is -0.376. The molecular weight excluding hydrogens is 416 g/mol. The molecule has 2 aromatic rings. The van der Waals surface area contributed by atoms with Gasteiger partial charge in [0.05, 0.1) is 16.5 Å². The molecule has 0 amide bonds. The van der Waals surface area contributed by atoms with E-state index in [1.807, 2.05) is 25.1 Å². The van der Waals surface area contributed by atoms with E-state index in [1.54, 1.807) is 7.11 Å². The van der Waals surface area contributed by atoms with E-state index in [0.717, 1.165) is 21.3 Å². The van der Waals surface area contributed by atoms with Crippen LogP contribution in [0.5, 0.6) is 5.75 Å². The molecule has 1 N–H and O–H groups in total. The highest BCUT2D eigenvalue weighted by molar-refractivity contribution is 9.10. The first-order valence-corrected chi connectivity index (χ1v) is 9.77. The molecule has 0 saturated heterocycles. The van der Waals surface area contributed by atoms with E-state index in [1.165, 1.54) is 24.3 Å². The molecule has 4 nitrogen and oxygen atoms in total. The van der Waals surface area contributed by atoms with Crippen molar-refractivity contribution < 1.29 is 21.9 Å². The van der Waals surface area contributed by atoms with Crippen molar-refractivity contribution in [2.75, 3.05) is 7.11 Å². The normalized spacial score (nSPS) is 13.0. The van der Waals surface area contributed by atoms with Crippen LogP contribution in [0.3, 0.4) is 0 Å². The quantitative estimate of drug-likeness (QED) is 0.706. The molecule has 0 radical (unpaired) electrons. The highest BCUT2D eigenvalue weighted by Crippen LogP contribution is 2.28. The number of halogens is 3. The fourth-order valence-electron chi connectivity index (χ4n) is 2.24. The summed E-state index contributed by atoms with van der Waals surface area (Å²) < 4.78 is 53.9. The Kier molecular flexibility index (Phi) is 6.53. The molecule has 0 aromatic heterocycles. The van der Waals surface area contributed by atoms with Crippen molar-refractivity contribution in [2.45, 2.75) is 30.2 Å². The fraction of sp³-hybridized carbons (Fsp3) is 0.294. The fourth-order valence-corrected chi connectivity index (χ4v) is 3.52. The number of alkyl halides is 2. The summed E-state index contributed by atoms with van der Waals surface area (Å²) in [7, 11) is -2.95. The molecule has 1 unspecified atom stereocenters. The van der Waals surface area contributed by atoms with Gasteiger partial charge in [-0.15, -0.1) is 0 Å². The SMILES string of the molecule is COc1ccc(C(C)NCc2ccc(S(=O)(=O)C(F)F)cc2)cc1Br. The standard InChI is InChI=1S/C17H18BrF2NO3S/c1-11(13-5-8-16(24-2)15(18)9-13)21-10-12-3-6-14(7-4-12)25(22,23)17(19)20/h3-9,11,17,21H,10H2,1-2H3. The monoisotopic (exact) mass is 433 g/mol. The predicted octanol–water partition coefficient (Wildman–Crippen LogP) is 4.30. The van der Waals surface area contributed by atoms with Crippen LogP contribution in [-0.4, -0.2) is 21.3 Å². The highest BCUT2D eigenvalue weighted by Gasteiger charge is 2.26. The van der Waals surface area contributed by atoms with Crippen molar-refractivity contribution in [2.24, 2.45) is 0 Å². The Labute approximate surface area is 154 Å². The number of sulfone groups is 1. The van der Waals surface area contributed by atoms with Gasteiger partial charge >= 0.3 is 5.76 Å². The van der Waals surface area contributed by atoms with Crippen LogP contribution in [0, 0.1) is 0 Å². The second-order valence-corrected chi connectivity index (χ2v) is 8.22. The van der Waals surface area contributed by atoms with Gasteiger partial charge in [0, 0.05) is 12.6 Å². The van der Waals surface area contributed by atoms with Crippen molar-refractivity contribution in [1.29, 1.82) is 0 Å². The summed E-state index contributed by atoms with van der Waals surface area (Å²) in [6.45, 7) is 2.46. The molecule has 0 aliphatic rings. The van der Waals surface area contributed by atoms with Crippen LogP contribution in [0.25, 0.3) is 0 Å². The average molecular weight is 434 g/mol. The summed E-state index contributed by atoms with van der Waals surface area (Å²) in [6, 6.07) is 11.3. The molecule has 25 heavy (non-hydrogen) atoms. The maximum atomic E-state index is 12.5. The smallest absolute Gasteiger partial charge is 0.341 e. The zero-order chi connectivity index (χ0) is 18.6. The predicted molar refractivity (Wildman–Crippen MR) is 95.6 cm³/mol. The molecule has 0 bridgehead atoms. The summed E-state index contributed by atoms with van der Waals surface area (Å²) in [6.07, 6.45) is 0. The maximum Gasteiger partial charge on any atom is 0.341 e. The van der Waals surface area contributed by atoms with Crippen LogP contribution in [0.2, 0.25) is 0 Å². The van der Waals surface area contributed by atoms with Crippen LogP contribution in [0.1, 0.15) is 24.1 Å². The first kappa shape index (κ1) is 19.8. The first-order valence-electron chi connectivity index (χ1n) is 7.43. The van der Waals surface area contributed by atoms with Crippen molar-refractivity contribution in [1.82, 2.24) is 5.32 Å². The van der Waals surface area contributed by atoms with Gasteiger partial charge in [-0.2, -0.15) is 8.78 Å². The molecule has 2 aromatic carbocycles. The number of benzene rings is 2. The van der Waals surface area contributed by atoms with Gasteiger partial charge in [0.15, 0.2) is 0 Å². The van der Waals surface area contributed by atoms with E-state index in [-0.39, 0.29) is 10.9 Å². The van der Waals surface area contributed by atoms with Crippen LogP contribution in [-0.2, 0) is 16.4 Å². The minimum Gasteiger partial charge on any atom is -0.496 e. The first-order chi connectivity index (χ1) is 11.8. The summed E-state index contributed by atoms with van der Waals surface area (Å²) >= 11 is 3.44. The van der Waals surface area contributed by atoms with E-state index < -0.39 is 15.6 Å². The number of hydrogen-bond donors (Lipinski definition) is 1. The van der Waals surface area contributed by atoms with Gasteiger partial charge in [0.1, 0.15) is 5.75 Å². The Balaban J connectivity index is 2.02. The number of ether oxygens (including phenoxy) is 1. The number of hydrogen-bond acceptors (Lipinski definition) is 4. The number of rotatable bonds is 7. The van der Waals surface area contributed by atoms with E-state index in [4.69, 9.17) is 4.74 Å². The van der Waals surface area contributed by atoms with Gasteiger partial charge in [-0.3, -0.25) is 0 Å². The third kappa shape index (κ3) is 4.77. The van der Waals surface area contributed by atoms with E-state index in [2.05, 4.69) is 21.2 Å². The zero-order valence-corrected chi connectivity index (χ0v) is 16.1. The molecule has 2 rings (SSSR count). The third-order valence-electron chi connectivity index (χ3n) is 3.77. The summed E-state index contributed by atoms with van der Waals surface area (Å²) in [5.74, 6) is -2.67. The van der Waals surface area contributed by atoms with Crippen LogP contribution >= 0.6 is 15.9 Å². The zero-order valence-electron chi connectivity index (χ0n) is 13.7. The Morgan fingerprint density at radius 1 is 1.16 bits per heavy atom. The summed E-state index contributed by atoms with van der Waals surface area (Å²) in [5.41, 5.74) is 1.84. The van der Waals surface area contributed by atoms with Crippen LogP contribution in [0.15, 0.2) is 51.8 Å². The van der Waals surface area contributed by atoms with Gasteiger partial charge in [-0.1, -0.05) is 18.2 Å².